The van der Waals surface area contributed by atoms with Gasteiger partial charge < -0.3 is 15.0 Å². The molecule has 5 heteroatoms. The minimum absolute atomic E-state index is 0.0823. The van der Waals surface area contributed by atoms with Crippen molar-refractivity contribution < 1.29 is 9.26 Å². The van der Waals surface area contributed by atoms with Crippen molar-refractivity contribution in [2.75, 3.05) is 0 Å². The van der Waals surface area contributed by atoms with E-state index in [1.54, 1.807) is 6.92 Å². The van der Waals surface area contributed by atoms with Gasteiger partial charge in [0, 0.05) is 13.0 Å². The van der Waals surface area contributed by atoms with Crippen molar-refractivity contribution in [3.05, 3.63) is 41.5 Å². The van der Waals surface area contributed by atoms with Crippen molar-refractivity contribution in [2.24, 2.45) is 5.73 Å². The second kappa shape index (κ2) is 5.64. The second-order valence-corrected chi connectivity index (χ2v) is 4.10. The Balaban J connectivity index is 1.94. The highest BCUT2D eigenvalue weighted by atomic mass is 16.5. The smallest absolute Gasteiger partial charge is 0.223 e. The van der Waals surface area contributed by atoms with Gasteiger partial charge in [0.15, 0.2) is 6.61 Å². The number of benzene rings is 1. The van der Waals surface area contributed by atoms with Crippen LogP contribution < -0.4 is 10.5 Å². The third-order valence-electron chi connectivity index (χ3n) is 2.69. The maximum absolute atomic E-state index is 5.94. The summed E-state index contributed by atoms with van der Waals surface area (Å²) in [6, 6.07) is 7.84. The van der Waals surface area contributed by atoms with Crippen molar-refractivity contribution in [3.8, 4) is 5.75 Å². The fraction of sp³-hybridized carbons (Fsp3) is 0.385. The lowest BCUT2D eigenvalue weighted by atomic mass is 10.1. The maximum Gasteiger partial charge on any atom is 0.223 e. The van der Waals surface area contributed by atoms with E-state index in [0.717, 1.165) is 17.7 Å². The van der Waals surface area contributed by atoms with Crippen LogP contribution in [-0.2, 0) is 6.61 Å². The summed E-state index contributed by atoms with van der Waals surface area (Å²) in [5.41, 5.74) is 7.05. The van der Waals surface area contributed by atoms with E-state index in [-0.39, 0.29) is 6.04 Å². The maximum atomic E-state index is 5.94. The van der Waals surface area contributed by atoms with Gasteiger partial charge in [-0.15, -0.1) is 0 Å². The van der Waals surface area contributed by atoms with Gasteiger partial charge in [0.25, 0.3) is 0 Å². The molecule has 96 valence electrons. The molecular formula is C13H17N3O2. The molecule has 0 aliphatic heterocycles. The van der Waals surface area contributed by atoms with Crippen molar-refractivity contribution in [1.82, 2.24) is 10.1 Å². The number of hydrogen-bond donors (Lipinski definition) is 1. The summed E-state index contributed by atoms with van der Waals surface area (Å²) in [6.45, 7) is 4.11. The monoisotopic (exact) mass is 247 g/mol. The number of nitrogens with two attached hydrogens (primary N) is 1. The fourth-order valence-electron chi connectivity index (χ4n) is 1.59. The number of ether oxygens (including phenoxy) is 1. The zero-order valence-electron chi connectivity index (χ0n) is 10.6. The molecule has 2 aromatic rings. The van der Waals surface area contributed by atoms with Crippen molar-refractivity contribution in [1.29, 1.82) is 0 Å². The zero-order valence-corrected chi connectivity index (χ0v) is 10.6. The highest BCUT2D eigenvalue weighted by Crippen LogP contribution is 2.18. The molecule has 0 saturated carbocycles. The Morgan fingerprint density at radius 3 is 2.61 bits per heavy atom. The van der Waals surface area contributed by atoms with Crippen LogP contribution in [0.5, 0.6) is 5.75 Å². The van der Waals surface area contributed by atoms with Crippen LogP contribution >= 0.6 is 0 Å². The minimum atomic E-state index is 0.0823. The highest BCUT2D eigenvalue weighted by molar-refractivity contribution is 5.29. The number of rotatable bonds is 5. The molecule has 0 fully saturated rings. The van der Waals surface area contributed by atoms with Crippen LogP contribution in [0.25, 0.3) is 0 Å². The predicted octanol–water partition coefficient (Wildman–Crippen LogP) is 2.37. The Bertz CT molecular complexity index is 493. The molecule has 0 aliphatic rings. The molecule has 0 aliphatic carbocycles. The average Bonchev–Trinajstić information content (AvgIpc) is 2.82. The molecule has 0 spiro atoms. The highest BCUT2D eigenvalue weighted by Gasteiger charge is 2.05. The number of aryl methyl sites for hydroxylation is 1. The summed E-state index contributed by atoms with van der Waals surface area (Å²) >= 11 is 0. The summed E-state index contributed by atoms with van der Waals surface area (Å²) in [6.07, 6.45) is 0.919. The summed E-state index contributed by atoms with van der Waals surface area (Å²) < 4.78 is 10.4. The third-order valence-corrected chi connectivity index (χ3v) is 2.69. The molecule has 1 heterocycles. The van der Waals surface area contributed by atoms with Gasteiger partial charge in [0.05, 0.1) is 0 Å². The third kappa shape index (κ3) is 3.07. The zero-order chi connectivity index (χ0) is 13.0. The van der Waals surface area contributed by atoms with Crippen LogP contribution in [0, 0.1) is 6.92 Å². The quantitative estimate of drug-likeness (QED) is 0.877. The first-order valence-electron chi connectivity index (χ1n) is 5.96. The van der Waals surface area contributed by atoms with Crippen LogP contribution in [0.2, 0.25) is 0 Å². The second-order valence-electron chi connectivity index (χ2n) is 4.10. The van der Waals surface area contributed by atoms with Gasteiger partial charge >= 0.3 is 0 Å². The molecule has 2 N–H and O–H groups in total. The van der Waals surface area contributed by atoms with Gasteiger partial charge in [-0.1, -0.05) is 24.2 Å². The van der Waals surface area contributed by atoms with Gasteiger partial charge in [-0.3, -0.25) is 0 Å². The first kappa shape index (κ1) is 12.6. The lowest BCUT2D eigenvalue weighted by Crippen LogP contribution is -2.08. The van der Waals surface area contributed by atoms with E-state index in [1.807, 2.05) is 24.3 Å². The summed E-state index contributed by atoms with van der Waals surface area (Å²) in [7, 11) is 0. The molecule has 1 unspecified atom stereocenters. The van der Waals surface area contributed by atoms with E-state index >= 15 is 0 Å². The van der Waals surface area contributed by atoms with Crippen molar-refractivity contribution in [2.45, 2.75) is 32.9 Å². The van der Waals surface area contributed by atoms with Gasteiger partial charge in [-0.25, -0.2) is 0 Å². The van der Waals surface area contributed by atoms with E-state index in [0.29, 0.717) is 18.3 Å². The molecule has 1 aromatic carbocycles. The molecule has 18 heavy (non-hydrogen) atoms. The molecule has 2 rings (SSSR count). The molecule has 0 bridgehead atoms. The molecule has 0 amide bonds. The first-order chi connectivity index (χ1) is 8.69. The van der Waals surface area contributed by atoms with Crippen LogP contribution in [-0.4, -0.2) is 10.1 Å². The molecule has 0 saturated heterocycles. The van der Waals surface area contributed by atoms with Gasteiger partial charge in [-0.2, -0.15) is 4.98 Å². The first-order valence-corrected chi connectivity index (χ1v) is 5.96. The van der Waals surface area contributed by atoms with Crippen LogP contribution in [0.3, 0.4) is 0 Å². The lowest BCUT2D eigenvalue weighted by molar-refractivity contribution is 0.285. The number of nitrogens with zero attached hydrogens (tertiary/aromatic N) is 2. The Kier molecular flexibility index (Phi) is 3.94. The Morgan fingerprint density at radius 1 is 1.33 bits per heavy atom. The molecule has 0 radical (unpaired) electrons. The van der Waals surface area contributed by atoms with E-state index in [1.165, 1.54) is 0 Å². The number of hydrogen-bond acceptors (Lipinski definition) is 5. The van der Waals surface area contributed by atoms with E-state index in [9.17, 15) is 0 Å². The molecule has 5 nitrogen and oxygen atoms in total. The lowest BCUT2D eigenvalue weighted by Gasteiger charge is -2.10. The summed E-state index contributed by atoms with van der Waals surface area (Å²) in [4.78, 5) is 4.06. The van der Waals surface area contributed by atoms with Crippen molar-refractivity contribution in [3.63, 3.8) is 0 Å². The predicted molar refractivity (Wildman–Crippen MR) is 67.0 cm³/mol. The Morgan fingerprint density at radius 2 is 2.06 bits per heavy atom. The van der Waals surface area contributed by atoms with Crippen LogP contribution in [0.4, 0.5) is 0 Å². The van der Waals surface area contributed by atoms with E-state index < -0.39 is 0 Å². The van der Waals surface area contributed by atoms with Crippen LogP contribution in [0.15, 0.2) is 28.8 Å². The SMILES string of the molecule is CCC(N)c1ccc(OCc2noc(C)n2)cc1. The van der Waals surface area contributed by atoms with Crippen LogP contribution in [0.1, 0.15) is 36.7 Å². The van der Waals surface area contributed by atoms with Gasteiger partial charge in [0.1, 0.15) is 5.75 Å². The molecule has 1 atom stereocenters. The standard InChI is InChI=1S/C13H17N3O2/c1-3-12(14)10-4-6-11(7-5-10)17-8-13-15-9(2)18-16-13/h4-7,12H,3,8,14H2,1-2H3. The minimum Gasteiger partial charge on any atom is -0.485 e. The van der Waals surface area contributed by atoms with Gasteiger partial charge in [-0.05, 0) is 24.1 Å². The number of aromatic nitrogens is 2. The summed E-state index contributed by atoms with van der Waals surface area (Å²) in [5, 5.41) is 3.76. The Labute approximate surface area is 106 Å². The average molecular weight is 247 g/mol. The topological polar surface area (TPSA) is 74.2 Å². The van der Waals surface area contributed by atoms with E-state index in [4.69, 9.17) is 15.0 Å². The van der Waals surface area contributed by atoms with Gasteiger partial charge in [0.2, 0.25) is 11.7 Å². The normalized spacial score (nSPS) is 12.4. The van der Waals surface area contributed by atoms with E-state index in [2.05, 4.69) is 17.1 Å². The fourth-order valence-corrected chi connectivity index (χ4v) is 1.59. The molecular weight excluding hydrogens is 230 g/mol. The van der Waals surface area contributed by atoms with Crippen molar-refractivity contribution >= 4 is 0 Å². The summed E-state index contributed by atoms with van der Waals surface area (Å²) in [5.74, 6) is 1.85. The molecule has 1 aromatic heterocycles. The Hall–Kier alpha value is -1.88. The largest absolute Gasteiger partial charge is 0.485 e.